The normalized spacial score (nSPS) is 11.3. The molecule has 0 heterocycles. The second-order valence-corrected chi connectivity index (χ2v) is 6.66. The largest absolute Gasteiger partial charge is 0.444 e. The van der Waals surface area contributed by atoms with Gasteiger partial charge in [0.05, 0.1) is 6.54 Å². The van der Waals surface area contributed by atoms with Crippen molar-refractivity contribution in [2.75, 3.05) is 18.4 Å². The second kappa shape index (κ2) is 11.0. The highest BCUT2D eigenvalue weighted by molar-refractivity contribution is 14.0. The standard InChI is InChI=1S/C18H28N4O2.HI/c1-13(2)12-21-16(19)20-11-10-14-6-8-15(9-7-14)22-17(23)24-18(3,4)5;/h6-9H,1,10-12H2,2-5H3,(H,22,23)(H3,19,20,21);1H. The first-order valence-corrected chi connectivity index (χ1v) is 7.93. The van der Waals surface area contributed by atoms with E-state index in [9.17, 15) is 4.79 Å². The quantitative estimate of drug-likeness (QED) is 0.262. The lowest BCUT2D eigenvalue weighted by atomic mass is 10.1. The van der Waals surface area contributed by atoms with Crippen LogP contribution in [0, 0.1) is 0 Å². The summed E-state index contributed by atoms with van der Waals surface area (Å²) >= 11 is 0. The monoisotopic (exact) mass is 460 g/mol. The molecule has 0 spiro atoms. The van der Waals surface area contributed by atoms with Gasteiger partial charge in [-0.25, -0.2) is 9.79 Å². The molecular weight excluding hydrogens is 431 g/mol. The van der Waals surface area contributed by atoms with Crippen molar-refractivity contribution in [3.8, 4) is 0 Å². The predicted molar refractivity (Wildman–Crippen MR) is 115 cm³/mol. The van der Waals surface area contributed by atoms with E-state index in [1.807, 2.05) is 52.0 Å². The Kier molecular flexibility index (Phi) is 10.2. The van der Waals surface area contributed by atoms with E-state index in [4.69, 9.17) is 10.5 Å². The molecule has 25 heavy (non-hydrogen) atoms. The highest BCUT2D eigenvalue weighted by Gasteiger charge is 2.15. The first kappa shape index (κ1) is 23.2. The smallest absolute Gasteiger partial charge is 0.412 e. The number of aliphatic imine (C=N–C) groups is 1. The number of hydrogen-bond donors (Lipinski definition) is 3. The van der Waals surface area contributed by atoms with E-state index in [1.54, 1.807) is 0 Å². The average Bonchev–Trinajstić information content (AvgIpc) is 2.45. The maximum Gasteiger partial charge on any atom is 0.412 e. The number of nitrogens with zero attached hydrogens (tertiary/aromatic N) is 1. The van der Waals surface area contributed by atoms with Gasteiger partial charge in [0.15, 0.2) is 5.96 Å². The Hall–Kier alpha value is -1.77. The number of halogens is 1. The Labute approximate surface area is 167 Å². The van der Waals surface area contributed by atoms with Crippen molar-refractivity contribution in [3.63, 3.8) is 0 Å². The molecule has 0 bridgehead atoms. The van der Waals surface area contributed by atoms with Crippen LogP contribution in [0.4, 0.5) is 10.5 Å². The zero-order chi connectivity index (χ0) is 18.2. The van der Waals surface area contributed by atoms with E-state index in [0.717, 1.165) is 17.6 Å². The third kappa shape index (κ3) is 11.4. The summed E-state index contributed by atoms with van der Waals surface area (Å²) in [7, 11) is 0. The van der Waals surface area contributed by atoms with E-state index >= 15 is 0 Å². The molecule has 1 amide bonds. The molecule has 0 radical (unpaired) electrons. The molecule has 0 aliphatic carbocycles. The van der Waals surface area contributed by atoms with Gasteiger partial charge >= 0.3 is 6.09 Å². The van der Waals surface area contributed by atoms with Gasteiger partial charge in [-0.3, -0.25) is 5.32 Å². The lowest BCUT2D eigenvalue weighted by Crippen LogP contribution is -2.33. The van der Waals surface area contributed by atoms with Crippen molar-refractivity contribution in [2.45, 2.75) is 39.7 Å². The molecule has 4 N–H and O–H groups in total. The number of guanidine groups is 1. The number of anilines is 1. The Morgan fingerprint density at radius 1 is 1.28 bits per heavy atom. The van der Waals surface area contributed by atoms with Crippen molar-refractivity contribution in [1.29, 1.82) is 0 Å². The van der Waals surface area contributed by atoms with Gasteiger partial charge in [0.2, 0.25) is 0 Å². The topological polar surface area (TPSA) is 88.7 Å². The van der Waals surface area contributed by atoms with Crippen molar-refractivity contribution in [2.24, 2.45) is 10.7 Å². The summed E-state index contributed by atoms with van der Waals surface area (Å²) in [6.45, 7) is 12.4. The van der Waals surface area contributed by atoms with Gasteiger partial charge in [-0.05, 0) is 51.8 Å². The van der Waals surface area contributed by atoms with Crippen LogP contribution in [0.1, 0.15) is 33.3 Å². The third-order valence-corrected chi connectivity index (χ3v) is 2.84. The van der Waals surface area contributed by atoms with Crippen molar-refractivity contribution in [1.82, 2.24) is 5.32 Å². The molecule has 1 aromatic rings. The lowest BCUT2D eigenvalue weighted by Gasteiger charge is -2.19. The van der Waals surface area contributed by atoms with Crippen LogP contribution in [0.5, 0.6) is 0 Å². The summed E-state index contributed by atoms with van der Waals surface area (Å²) < 4.78 is 5.21. The van der Waals surface area contributed by atoms with Gasteiger partial charge in [-0.15, -0.1) is 24.0 Å². The minimum Gasteiger partial charge on any atom is -0.444 e. The van der Waals surface area contributed by atoms with Gasteiger partial charge in [0.25, 0.3) is 0 Å². The summed E-state index contributed by atoms with van der Waals surface area (Å²) in [4.78, 5) is 15.8. The van der Waals surface area contributed by atoms with E-state index in [0.29, 0.717) is 24.7 Å². The Morgan fingerprint density at radius 2 is 1.88 bits per heavy atom. The minimum absolute atomic E-state index is 0. The molecule has 0 fully saturated rings. The average molecular weight is 460 g/mol. The summed E-state index contributed by atoms with van der Waals surface area (Å²) in [5.74, 6) is 0.418. The number of hydrogen-bond acceptors (Lipinski definition) is 3. The van der Waals surface area contributed by atoms with E-state index in [-0.39, 0.29) is 24.0 Å². The number of amides is 1. The van der Waals surface area contributed by atoms with Crippen LogP contribution in [-0.4, -0.2) is 30.7 Å². The third-order valence-electron chi connectivity index (χ3n) is 2.84. The molecule has 0 aromatic heterocycles. The SMILES string of the molecule is C=C(C)CN=C(N)NCCc1ccc(NC(=O)OC(C)(C)C)cc1.I. The number of carbonyl (C=O) groups excluding carboxylic acids is 1. The molecule has 0 unspecified atom stereocenters. The summed E-state index contributed by atoms with van der Waals surface area (Å²) in [5, 5.41) is 5.76. The van der Waals surface area contributed by atoms with Crippen LogP contribution < -0.4 is 16.4 Å². The fourth-order valence-electron chi connectivity index (χ4n) is 1.79. The molecule has 0 saturated heterocycles. The number of carbonyl (C=O) groups is 1. The van der Waals surface area contributed by atoms with Gasteiger partial charge < -0.3 is 15.8 Å². The van der Waals surface area contributed by atoms with Gasteiger partial charge in [0.1, 0.15) is 5.60 Å². The van der Waals surface area contributed by atoms with E-state index in [1.165, 1.54) is 0 Å². The van der Waals surface area contributed by atoms with E-state index < -0.39 is 11.7 Å². The highest BCUT2D eigenvalue weighted by Crippen LogP contribution is 2.13. The van der Waals surface area contributed by atoms with Crippen LogP contribution >= 0.6 is 24.0 Å². The predicted octanol–water partition coefficient (Wildman–Crippen LogP) is 3.67. The van der Waals surface area contributed by atoms with Gasteiger partial charge in [-0.2, -0.15) is 0 Å². The molecule has 6 nitrogen and oxygen atoms in total. The van der Waals surface area contributed by atoms with Gasteiger partial charge in [-0.1, -0.05) is 24.3 Å². The van der Waals surface area contributed by atoms with Crippen LogP contribution in [0.2, 0.25) is 0 Å². The molecule has 0 saturated carbocycles. The molecular formula is C18H29IN4O2. The zero-order valence-corrected chi connectivity index (χ0v) is 17.7. The van der Waals surface area contributed by atoms with Crippen LogP contribution in [0.15, 0.2) is 41.4 Å². The fraction of sp³-hybridized carbons (Fsp3) is 0.444. The molecule has 1 rings (SSSR count). The van der Waals surface area contributed by atoms with Crippen molar-refractivity contribution >= 4 is 41.7 Å². The minimum atomic E-state index is -0.513. The number of nitrogens with one attached hydrogen (secondary N) is 2. The van der Waals surface area contributed by atoms with Crippen LogP contribution in [0.3, 0.4) is 0 Å². The fourth-order valence-corrected chi connectivity index (χ4v) is 1.79. The molecule has 1 aromatic carbocycles. The van der Waals surface area contributed by atoms with Crippen molar-refractivity contribution < 1.29 is 9.53 Å². The number of rotatable bonds is 6. The van der Waals surface area contributed by atoms with Crippen LogP contribution in [-0.2, 0) is 11.2 Å². The lowest BCUT2D eigenvalue weighted by molar-refractivity contribution is 0.0636. The second-order valence-electron chi connectivity index (χ2n) is 6.66. The summed E-state index contributed by atoms with van der Waals surface area (Å²) in [5.41, 5.74) is 8.03. The maximum atomic E-state index is 11.7. The number of benzene rings is 1. The summed E-state index contributed by atoms with van der Waals surface area (Å²) in [6.07, 6.45) is 0.342. The number of nitrogens with two attached hydrogens (primary N) is 1. The van der Waals surface area contributed by atoms with Crippen molar-refractivity contribution in [3.05, 3.63) is 42.0 Å². The first-order valence-electron chi connectivity index (χ1n) is 7.93. The summed E-state index contributed by atoms with van der Waals surface area (Å²) in [6, 6.07) is 7.60. The molecule has 0 atom stereocenters. The Bertz CT molecular complexity index is 592. The molecule has 0 aliphatic heterocycles. The molecule has 7 heteroatoms. The maximum absolute atomic E-state index is 11.7. The first-order chi connectivity index (χ1) is 11.2. The number of ether oxygens (including phenoxy) is 1. The molecule has 140 valence electrons. The zero-order valence-electron chi connectivity index (χ0n) is 15.4. The van der Waals surface area contributed by atoms with Gasteiger partial charge in [0, 0.05) is 12.2 Å². The van der Waals surface area contributed by atoms with E-state index in [2.05, 4.69) is 22.2 Å². The van der Waals surface area contributed by atoms with Crippen LogP contribution in [0.25, 0.3) is 0 Å². The Morgan fingerprint density at radius 3 is 2.40 bits per heavy atom. The Balaban J connectivity index is 0.00000576. The highest BCUT2D eigenvalue weighted by atomic mass is 127. The molecule has 0 aliphatic rings.